The van der Waals surface area contributed by atoms with Gasteiger partial charge in [0.15, 0.2) is 0 Å². The number of aromatic nitrogens is 2. The second-order valence-electron chi connectivity index (χ2n) is 6.58. The molecule has 2 aliphatic heterocycles. The summed E-state index contributed by atoms with van der Waals surface area (Å²) in [5.74, 6) is -1.13. The second-order valence-corrected chi connectivity index (χ2v) is 6.58. The summed E-state index contributed by atoms with van der Waals surface area (Å²) in [5, 5.41) is 13.8. The number of benzene rings is 1. The van der Waals surface area contributed by atoms with E-state index in [0.717, 1.165) is 24.4 Å². The minimum Gasteiger partial charge on any atom is -0.481 e. The standard InChI is InChI=1S/C18H21N3O3/c1-20-16-7-14(18(22)23)10-21(17(16)8-19-20)9-12-3-2-4-13-11-24-6-5-15(12)13/h2-4,8,14H,5-7,9-11H2,1H3,(H,22,23). The molecule has 1 atom stereocenters. The molecule has 1 aromatic heterocycles. The van der Waals surface area contributed by atoms with Crippen molar-refractivity contribution in [2.24, 2.45) is 13.0 Å². The van der Waals surface area contributed by atoms with Gasteiger partial charge in [-0.15, -0.1) is 0 Å². The highest BCUT2D eigenvalue weighted by atomic mass is 16.5. The Morgan fingerprint density at radius 3 is 3.17 bits per heavy atom. The van der Waals surface area contributed by atoms with Crippen LogP contribution in [0, 0.1) is 5.92 Å². The van der Waals surface area contributed by atoms with Gasteiger partial charge in [-0.3, -0.25) is 9.48 Å². The average molecular weight is 327 g/mol. The third-order valence-electron chi connectivity index (χ3n) is 5.10. The van der Waals surface area contributed by atoms with Gasteiger partial charge in [-0.05, 0) is 23.1 Å². The molecule has 3 heterocycles. The van der Waals surface area contributed by atoms with Crippen molar-refractivity contribution in [3.05, 3.63) is 46.8 Å². The number of aryl methyl sites for hydroxylation is 1. The quantitative estimate of drug-likeness (QED) is 0.930. The SMILES string of the molecule is Cn1ncc2c1CC(C(=O)O)CN2Cc1cccc2c1CCOC2. The van der Waals surface area contributed by atoms with Gasteiger partial charge in [-0.1, -0.05) is 18.2 Å². The number of hydrogen-bond acceptors (Lipinski definition) is 4. The summed E-state index contributed by atoms with van der Waals surface area (Å²) >= 11 is 0. The van der Waals surface area contributed by atoms with Gasteiger partial charge in [0.25, 0.3) is 0 Å². The normalized spacial score (nSPS) is 19.7. The summed E-state index contributed by atoms with van der Waals surface area (Å²) in [5.41, 5.74) is 5.92. The number of aliphatic carboxylic acids is 1. The van der Waals surface area contributed by atoms with Crippen molar-refractivity contribution in [2.45, 2.75) is 26.0 Å². The van der Waals surface area contributed by atoms with Crippen LogP contribution in [-0.4, -0.2) is 34.0 Å². The lowest BCUT2D eigenvalue weighted by atomic mass is 9.94. The molecule has 6 heteroatoms. The topological polar surface area (TPSA) is 67.6 Å². The van der Waals surface area contributed by atoms with E-state index in [9.17, 15) is 9.90 Å². The lowest BCUT2D eigenvalue weighted by Crippen LogP contribution is -2.39. The molecule has 0 saturated heterocycles. The number of anilines is 1. The van der Waals surface area contributed by atoms with Gasteiger partial charge in [-0.25, -0.2) is 0 Å². The van der Waals surface area contributed by atoms with E-state index in [1.165, 1.54) is 16.7 Å². The van der Waals surface area contributed by atoms with Crippen molar-refractivity contribution in [2.75, 3.05) is 18.1 Å². The molecule has 0 amide bonds. The lowest BCUT2D eigenvalue weighted by molar-refractivity contribution is -0.141. The first-order valence-corrected chi connectivity index (χ1v) is 8.29. The summed E-state index contributed by atoms with van der Waals surface area (Å²) in [4.78, 5) is 13.7. The van der Waals surface area contributed by atoms with E-state index in [1.54, 1.807) is 4.68 Å². The minimum absolute atomic E-state index is 0.393. The maximum atomic E-state index is 11.6. The maximum absolute atomic E-state index is 11.6. The Balaban J connectivity index is 1.68. The monoisotopic (exact) mass is 327 g/mol. The molecule has 0 fully saturated rings. The minimum atomic E-state index is -0.740. The zero-order valence-corrected chi connectivity index (χ0v) is 13.7. The molecule has 2 aromatic rings. The van der Waals surface area contributed by atoms with Crippen LogP contribution in [0.15, 0.2) is 24.4 Å². The van der Waals surface area contributed by atoms with Crippen LogP contribution in [0.5, 0.6) is 0 Å². The fraction of sp³-hybridized carbons (Fsp3) is 0.444. The van der Waals surface area contributed by atoms with E-state index in [1.807, 2.05) is 13.2 Å². The number of carboxylic acid groups (broad SMARTS) is 1. The van der Waals surface area contributed by atoms with E-state index in [0.29, 0.717) is 26.1 Å². The maximum Gasteiger partial charge on any atom is 0.308 e. The van der Waals surface area contributed by atoms with Crippen LogP contribution in [-0.2, 0) is 42.6 Å². The predicted octanol–water partition coefficient (Wildman–Crippen LogP) is 1.76. The van der Waals surface area contributed by atoms with Gasteiger partial charge in [0, 0.05) is 26.6 Å². The lowest BCUT2D eigenvalue weighted by Gasteiger charge is -2.33. The first kappa shape index (κ1) is 15.2. The summed E-state index contributed by atoms with van der Waals surface area (Å²) in [6.07, 6.45) is 3.31. The molecule has 0 aliphatic carbocycles. The van der Waals surface area contributed by atoms with Crippen molar-refractivity contribution in [1.29, 1.82) is 0 Å². The molecule has 4 rings (SSSR count). The smallest absolute Gasteiger partial charge is 0.308 e. The number of fused-ring (bicyclic) bond motifs is 2. The highest BCUT2D eigenvalue weighted by Gasteiger charge is 2.32. The number of hydrogen-bond donors (Lipinski definition) is 1. The number of nitrogens with zero attached hydrogens (tertiary/aromatic N) is 3. The van der Waals surface area contributed by atoms with Crippen molar-refractivity contribution in [3.8, 4) is 0 Å². The van der Waals surface area contributed by atoms with Crippen molar-refractivity contribution in [1.82, 2.24) is 9.78 Å². The Hall–Kier alpha value is -2.34. The average Bonchev–Trinajstić information content (AvgIpc) is 2.97. The molecule has 1 aromatic carbocycles. The summed E-state index contributed by atoms with van der Waals surface area (Å²) in [6, 6.07) is 6.32. The van der Waals surface area contributed by atoms with E-state index >= 15 is 0 Å². The molecule has 6 nitrogen and oxygen atoms in total. The zero-order valence-electron chi connectivity index (χ0n) is 13.7. The molecule has 0 saturated carbocycles. The zero-order chi connectivity index (χ0) is 16.7. The number of carboxylic acids is 1. The molecule has 0 radical (unpaired) electrons. The van der Waals surface area contributed by atoms with Gasteiger partial charge in [0.2, 0.25) is 0 Å². The second kappa shape index (κ2) is 5.94. The number of carbonyl (C=O) groups is 1. The van der Waals surface area contributed by atoms with E-state index in [2.05, 4.69) is 28.2 Å². The van der Waals surface area contributed by atoms with Crippen LogP contribution in [0.3, 0.4) is 0 Å². The molecule has 1 unspecified atom stereocenters. The largest absolute Gasteiger partial charge is 0.481 e. The predicted molar refractivity (Wildman–Crippen MR) is 88.9 cm³/mol. The van der Waals surface area contributed by atoms with E-state index in [-0.39, 0.29) is 0 Å². The fourth-order valence-corrected chi connectivity index (χ4v) is 3.78. The summed E-state index contributed by atoms with van der Waals surface area (Å²) in [7, 11) is 1.88. The van der Waals surface area contributed by atoms with Gasteiger partial charge in [0.1, 0.15) is 0 Å². The highest BCUT2D eigenvalue weighted by molar-refractivity contribution is 5.73. The van der Waals surface area contributed by atoms with Crippen molar-refractivity contribution >= 4 is 11.7 Å². The summed E-state index contributed by atoms with van der Waals surface area (Å²) in [6.45, 7) is 2.65. The van der Waals surface area contributed by atoms with Crippen LogP contribution < -0.4 is 4.90 Å². The Labute approximate surface area is 140 Å². The Morgan fingerprint density at radius 2 is 2.33 bits per heavy atom. The van der Waals surface area contributed by atoms with Crippen LogP contribution in [0.2, 0.25) is 0 Å². The number of rotatable bonds is 3. The third-order valence-corrected chi connectivity index (χ3v) is 5.10. The Morgan fingerprint density at radius 1 is 1.46 bits per heavy atom. The van der Waals surface area contributed by atoms with Gasteiger partial charge in [-0.2, -0.15) is 5.10 Å². The third kappa shape index (κ3) is 2.57. The van der Waals surface area contributed by atoms with Gasteiger partial charge >= 0.3 is 5.97 Å². The van der Waals surface area contributed by atoms with Crippen molar-refractivity contribution < 1.29 is 14.6 Å². The van der Waals surface area contributed by atoms with Crippen LogP contribution in [0.1, 0.15) is 22.4 Å². The first-order chi connectivity index (χ1) is 11.6. The summed E-state index contributed by atoms with van der Waals surface area (Å²) < 4.78 is 7.34. The van der Waals surface area contributed by atoms with Crippen LogP contribution >= 0.6 is 0 Å². The molecule has 2 aliphatic rings. The van der Waals surface area contributed by atoms with E-state index in [4.69, 9.17) is 4.74 Å². The number of ether oxygens (including phenoxy) is 1. The van der Waals surface area contributed by atoms with E-state index < -0.39 is 11.9 Å². The fourth-order valence-electron chi connectivity index (χ4n) is 3.78. The van der Waals surface area contributed by atoms with Crippen molar-refractivity contribution in [3.63, 3.8) is 0 Å². The Kier molecular flexibility index (Phi) is 3.76. The van der Waals surface area contributed by atoms with Crippen LogP contribution in [0.4, 0.5) is 5.69 Å². The first-order valence-electron chi connectivity index (χ1n) is 8.29. The molecule has 0 bridgehead atoms. The van der Waals surface area contributed by atoms with Gasteiger partial charge in [0.05, 0.1) is 36.7 Å². The molecule has 1 N–H and O–H groups in total. The van der Waals surface area contributed by atoms with Gasteiger partial charge < -0.3 is 14.7 Å². The highest BCUT2D eigenvalue weighted by Crippen LogP contribution is 2.32. The molecule has 24 heavy (non-hydrogen) atoms. The molecular formula is C18H21N3O3. The van der Waals surface area contributed by atoms with Crippen LogP contribution in [0.25, 0.3) is 0 Å². The molecule has 0 spiro atoms. The molecular weight excluding hydrogens is 306 g/mol. The Bertz CT molecular complexity index is 784. The molecule has 126 valence electrons.